The molecule has 0 unspecified atom stereocenters. The minimum Gasteiger partial charge on any atom is -0.398 e. The molecule has 0 amide bonds. The Kier molecular flexibility index (Phi) is 8.15. The number of aliphatic imine (C=N–C) groups is 1. The molecule has 7 heteroatoms. The van der Waals surface area contributed by atoms with Crippen molar-refractivity contribution < 1.29 is 4.39 Å². The largest absolute Gasteiger partial charge is 0.398 e. The second kappa shape index (κ2) is 12.3. The number of hydrogen-bond donors (Lipinski definition) is 3. The molecular weight excluding hydrogens is 511 g/mol. The number of imidazole rings is 1. The van der Waals surface area contributed by atoms with E-state index in [-0.39, 0.29) is 0 Å². The number of rotatable bonds is 9. The van der Waals surface area contributed by atoms with Crippen LogP contribution < -0.4 is 11.1 Å². The van der Waals surface area contributed by atoms with Crippen LogP contribution in [0.25, 0.3) is 16.8 Å². The van der Waals surface area contributed by atoms with E-state index in [9.17, 15) is 0 Å². The van der Waals surface area contributed by atoms with E-state index in [4.69, 9.17) is 10.7 Å². The number of nitrogens with two attached hydrogens (primary N) is 1. The summed E-state index contributed by atoms with van der Waals surface area (Å²) in [6, 6.07) is 18.7. The van der Waals surface area contributed by atoms with Crippen LogP contribution in [0.1, 0.15) is 39.6 Å². The lowest BCUT2D eigenvalue weighted by molar-refractivity contribution is 0.624. The Morgan fingerprint density at radius 1 is 1.15 bits per heavy atom. The fourth-order valence-corrected chi connectivity index (χ4v) is 4.69. The standard InChI is InChI=1S/C34H31FN6/c1-4-10-28(32-13-8-9-15-38-32)34-23(3)40-33(41-34)19-26-18-29(30(35)20-31(26)36)25-14-16-37-21-27(17-25)39-22(2)24-11-6-5-7-12-24/h4-15,17-18,20-21,39H,1-2,16,19,36H2,3H3,(H,40,41)/b28-10-. The summed E-state index contributed by atoms with van der Waals surface area (Å²) in [5.74, 6) is 0.308. The second-order valence-corrected chi connectivity index (χ2v) is 9.62. The summed E-state index contributed by atoms with van der Waals surface area (Å²) in [7, 11) is 0. The van der Waals surface area contributed by atoms with E-state index >= 15 is 4.39 Å². The molecule has 5 rings (SSSR count). The van der Waals surface area contributed by atoms with Crippen LogP contribution in [0.5, 0.6) is 0 Å². The van der Waals surface area contributed by atoms with Crippen molar-refractivity contribution in [2.24, 2.45) is 4.99 Å². The normalized spacial score (nSPS) is 13.3. The Morgan fingerprint density at radius 3 is 2.71 bits per heavy atom. The Hall–Kier alpha value is -5.30. The first-order chi connectivity index (χ1) is 19.9. The minimum atomic E-state index is -0.403. The highest BCUT2D eigenvalue weighted by molar-refractivity contribution is 5.89. The first-order valence-electron chi connectivity index (χ1n) is 13.2. The van der Waals surface area contributed by atoms with Gasteiger partial charge in [0.1, 0.15) is 11.6 Å². The van der Waals surface area contributed by atoms with Gasteiger partial charge in [-0.2, -0.15) is 0 Å². The van der Waals surface area contributed by atoms with Crippen LogP contribution in [-0.2, 0) is 6.42 Å². The second-order valence-electron chi connectivity index (χ2n) is 9.62. The molecule has 2 aromatic carbocycles. The van der Waals surface area contributed by atoms with E-state index in [1.807, 2.05) is 73.7 Å². The van der Waals surface area contributed by atoms with Gasteiger partial charge in [-0.1, -0.05) is 67.8 Å². The maximum absolute atomic E-state index is 15.3. The molecule has 6 nitrogen and oxygen atoms in total. The maximum atomic E-state index is 15.3. The van der Waals surface area contributed by atoms with Crippen molar-refractivity contribution in [3.8, 4) is 0 Å². The van der Waals surface area contributed by atoms with Crippen molar-refractivity contribution in [1.82, 2.24) is 20.3 Å². The summed E-state index contributed by atoms with van der Waals surface area (Å²) in [4.78, 5) is 17.1. The van der Waals surface area contributed by atoms with E-state index in [2.05, 4.69) is 33.4 Å². The molecule has 1 aliphatic heterocycles. The number of allylic oxidation sites excluding steroid dienone is 5. The van der Waals surface area contributed by atoms with E-state index in [1.54, 1.807) is 24.6 Å². The third-order valence-corrected chi connectivity index (χ3v) is 6.69. The molecule has 0 saturated heterocycles. The topological polar surface area (TPSA) is 92.0 Å². The number of pyridine rings is 1. The van der Waals surface area contributed by atoms with Crippen LogP contribution in [0.3, 0.4) is 0 Å². The number of nitrogens with zero attached hydrogens (tertiary/aromatic N) is 3. The summed E-state index contributed by atoms with van der Waals surface area (Å²) >= 11 is 0. The number of halogens is 1. The molecule has 2 aromatic heterocycles. The monoisotopic (exact) mass is 542 g/mol. The van der Waals surface area contributed by atoms with Crippen molar-refractivity contribution >= 4 is 28.7 Å². The molecule has 4 aromatic rings. The number of H-pyrrole nitrogens is 1. The number of nitrogen functional groups attached to an aromatic ring is 1. The Morgan fingerprint density at radius 2 is 1.95 bits per heavy atom. The van der Waals surface area contributed by atoms with E-state index in [0.717, 1.165) is 39.5 Å². The van der Waals surface area contributed by atoms with Gasteiger partial charge in [-0.25, -0.2) is 9.37 Å². The van der Waals surface area contributed by atoms with Gasteiger partial charge in [-0.05, 0) is 54.0 Å². The molecule has 0 fully saturated rings. The molecule has 0 bridgehead atoms. The molecule has 204 valence electrons. The van der Waals surface area contributed by atoms with Crippen molar-refractivity contribution in [1.29, 1.82) is 0 Å². The first kappa shape index (κ1) is 27.3. The summed E-state index contributed by atoms with van der Waals surface area (Å²) < 4.78 is 15.3. The first-order valence-corrected chi connectivity index (χ1v) is 13.2. The Balaban J connectivity index is 1.43. The molecule has 0 spiro atoms. The smallest absolute Gasteiger partial charge is 0.133 e. The molecule has 41 heavy (non-hydrogen) atoms. The zero-order chi connectivity index (χ0) is 28.8. The fraction of sp³-hybridized carbons (Fsp3) is 0.0882. The lowest BCUT2D eigenvalue weighted by atomic mass is 9.98. The summed E-state index contributed by atoms with van der Waals surface area (Å²) in [6.07, 6.45) is 11.3. The van der Waals surface area contributed by atoms with Crippen LogP contribution in [0.4, 0.5) is 10.1 Å². The van der Waals surface area contributed by atoms with Gasteiger partial charge in [0.2, 0.25) is 0 Å². The number of aromatic nitrogens is 3. The minimum absolute atomic E-state index is 0.360. The number of nitrogens with one attached hydrogen (secondary N) is 2. The van der Waals surface area contributed by atoms with Crippen LogP contribution >= 0.6 is 0 Å². The van der Waals surface area contributed by atoms with Crippen LogP contribution in [-0.4, -0.2) is 27.7 Å². The summed E-state index contributed by atoms with van der Waals surface area (Å²) in [6.45, 7) is 10.4. The van der Waals surface area contributed by atoms with Gasteiger partial charge >= 0.3 is 0 Å². The van der Waals surface area contributed by atoms with Gasteiger partial charge in [0.05, 0.1) is 23.6 Å². The number of benzene rings is 2. The number of aromatic amines is 1. The van der Waals surface area contributed by atoms with Crippen molar-refractivity contribution in [2.45, 2.75) is 13.3 Å². The third-order valence-electron chi connectivity index (χ3n) is 6.69. The third kappa shape index (κ3) is 6.31. The average Bonchev–Trinajstić information content (AvgIpc) is 3.18. The van der Waals surface area contributed by atoms with Crippen LogP contribution in [0.2, 0.25) is 0 Å². The molecule has 4 N–H and O–H groups in total. The lowest BCUT2D eigenvalue weighted by Crippen LogP contribution is -2.12. The van der Waals surface area contributed by atoms with Gasteiger partial charge in [0.25, 0.3) is 0 Å². The lowest BCUT2D eigenvalue weighted by Gasteiger charge is -2.13. The van der Waals surface area contributed by atoms with Crippen molar-refractivity contribution in [2.75, 3.05) is 12.3 Å². The molecule has 0 saturated carbocycles. The Bertz CT molecular complexity index is 1710. The quantitative estimate of drug-likeness (QED) is 0.163. The predicted molar refractivity (Wildman–Crippen MR) is 166 cm³/mol. The predicted octanol–water partition coefficient (Wildman–Crippen LogP) is 6.66. The van der Waals surface area contributed by atoms with Gasteiger partial charge in [0.15, 0.2) is 0 Å². The highest BCUT2D eigenvalue weighted by Crippen LogP contribution is 2.29. The average molecular weight is 543 g/mol. The number of aryl methyl sites for hydroxylation is 1. The van der Waals surface area contributed by atoms with Gasteiger partial charge < -0.3 is 16.0 Å². The zero-order valence-electron chi connectivity index (χ0n) is 22.9. The van der Waals surface area contributed by atoms with E-state index in [1.165, 1.54) is 6.07 Å². The van der Waals surface area contributed by atoms with Gasteiger partial charge in [-0.15, -0.1) is 0 Å². The summed E-state index contributed by atoms with van der Waals surface area (Å²) in [5, 5.41) is 3.30. The van der Waals surface area contributed by atoms with E-state index < -0.39 is 5.82 Å². The molecular formula is C34H31FN6. The van der Waals surface area contributed by atoms with Gasteiger partial charge in [0, 0.05) is 47.0 Å². The molecule has 0 radical (unpaired) electrons. The highest BCUT2D eigenvalue weighted by Gasteiger charge is 2.17. The SMILES string of the molecule is C=C/C=C(/c1ccccn1)c1nc(Cc2cc(C3=CCN=CC(NC(=C)c4ccccc4)=C3)c(F)cc2N)[nH]c1C. The number of anilines is 1. The summed E-state index contributed by atoms with van der Waals surface area (Å²) in [5.41, 5.74) is 14.3. The highest BCUT2D eigenvalue weighted by atomic mass is 19.1. The molecule has 0 atom stereocenters. The van der Waals surface area contributed by atoms with E-state index in [0.29, 0.717) is 41.3 Å². The molecule has 3 heterocycles. The maximum Gasteiger partial charge on any atom is 0.133 e. The molecule has 0 aliphatic carbocycles. The zero-order valence-corrected chi connectivity index (χ0v) is 22.9. The number of hydrogen-bond acceptors (Lipinski definition) is 5. The van der Waals surface area contributed by atoms with Crippen LogP contribution in [0.15, 0.2) is 115 Å². The van der Waals surface area contributed by atoms with Crippen molar-refractivity contribution in [3.63, 3.8) is 0 Å². The molecule has 1 aliphatic rings. The Labute approximate surface area is 239 Å². The van der Waals surface area contributed by atoms with Crippen molar-refractivity contribution in [3.05, 3.63) is 155 Å². The van der Waals surface area contributed by atoms with Gasteiger partial charge in [-0.3, -0.25) is 9.98 Å². The fourth-order valence-electron chi connectivity index (χ4n) is 4.69. The van der Waals surface area contributed by atoms with Crippen LogP contribution in [0, 0.1) is 12.7 Å².